The Labute approximate surface area is 235 Å². The summed E-state index contributed by atoms with van der Waals surface area (Å²) in [6.45, 7) is 8.18. The summed E-state index contributed by atoms with van der Waals surface area (Å²) in [5.41, 5.74) is 6.52. The van der Waals surface area contributed by atoms with Gasteiger partial charge in [-0.3, -0.25) is 14.8 Å². The van der Waals surface area contributed by atoms with Crippen molar-refractivity contribution in [2.75, 3.05) is 45.1 Å². The molecule has 0 amide bonds. The molecule has 3 aromatic heterocycles. The minimum Gasteiger partial charge on any atom is -0.462 e. The maximum absolute atomic E-state index is 12.7. The summed E-state index contributed by atoms with van der Waals surface area (Å²) in [7, 11) is 1.91. The minimum atomic E-state index is -0.0611. The summed E-state index contributed by atoms with van der Waals surface area (Å²) in [6, 6.07) is 14.3. The van der Waals surface area contributed by atoms with Crippen molar-refractivity contribution in [1.82, 2.24) is 30.2 Å². The summed E-state index contributed by atoms with van der Waals surface area (Å²) in [5.74, 6) is -0.109. The van der Waals surface area contributed by atoms with Crippen LogP contribution in [-0.2, 0) is 9.53 Å². The van der Waals surface area contributed by atoms with Crippen molar-refractivity contribution in [3.8, 4) is 22.6 Å². The Bertz CT molecular complexity index is 1440. The maximum Gasteiger partial charge on any atom is 0.310 e. The summed E-state index contributed by atoms with van der Waals surface area (Å²) in [5, 5.41) is 7.67. The van der Waals surface area contributed by atoms with Crippen molar-refractivity contribution in [1.29, 1.82) is 0 Å². The molecule has 0 bridgehead atoms. The Hall–Kier alpha value is -3.82. The molecule has 1 fully saturated rings. The molecule has 1 saturated heterocycles. The van der Waals surface area contributed by atoms with E-state index in [2.05, 4.69) is 53.7 Å². The Morgan fingerprint density at radius 2 is 2.10 bits per heavy atom. The molecule has 0 aliphatic carbocycles. The van der Waals surface area contributed by atoms with Crippen LogP contribution >= 0.6 is 0 Å². The van der Waals surface area contributed by atoms with Crippen molar-refractivity contribution in [3.63, 3.8) is 0 Å². The van der Waals surface area contributed by atoms with Gasteiger partial charge >= 0.3 is 5.97 Å². The highest BCUT2D eigenvalue weighted by Gasteiger charge is 2.27. The first-order valence-electron chi connectivity index (χ1n) is 14.2. The first kappa shape index (κ1) is 27.7. The monoisotopic (exact) mass is 541 g/mol. The molecular weight excluding hydrogens is 502 g/mol. The molecule has 3 N–H and O–H groups in total. The van der Waals surface area contributed by atoms with Crippen LogP contribution in [0.2, 0.25) is 0 Å². The molecule has 9 heteroatoms. The molecule has 1 aliphatic heterocycles. The predicted octanol–water partition coefficient (Wildman–Crippen LogP) is 4.66. The standard InChI is InChI=1S/C31H39N7O2/c1-21-6-4-8-28(37-21)30-29(35-20-36-30)23-9-10-27-25(16-23)17-26(18-34-27)33-13-15-38-14-5-7-24(19-38)31(39)40-22(2)11-12-32-3/h4,6,8-10,16-18,20,22,24,32-33H,5,7,11-15,19H2,1-3H3,(H,35,36)/t22?,24-/m1/s1. The van der Waals surface area contributed by atoms with E-state index in [1.807, 2.05) is 51.4 Å². The van der Waals surface area contributed by atoms with E-state index >= 15 is 0 Å². The first-order chi connectivity index (χ1) is 19.5. The van der Waals surface area contributed by atoms with Crippen molar-refractivity contribution in [3.05, 3.63) is 60.7 Å². The van der Waals surface area contributed by atoms with E-state index in [-0.39, 0.29) is 18.0 Å². The molecule has 40 heavy (non-hydrogen) atoms. The van der Waals surface area contributed by atoms with Gasteiger partial charge in [-0.05, 0) is 83.6 Å². The number of likely N-dealkylation sites (tertiary alicyclic amines) is 1. The summed E-state index contributed by atoms with van der Waals surface area (Å²) >= 11 is 0. The van der Waals surface area contributed by atoms with E-state index in [1.54, 1.807) is 6.33 Å². The second-order valence-corrected chi connectivity index (χ2v) is 10.6. The zero-order valence-electron chi connectivity index (χ0n) is 23.6. The normalized spacial score (nSPS) is 16.6. The lowest BCUT2D eigenvalue weighted by Gasteiger charge is -2.32. The number of carbonyl (C=O) groups is 1. The van der Waals surface area contributed by atoms with Crippen LogP contribution in [0.1, 0.15) is 31.9 Å². The zero-order valence-corrected chi connectivity index (χ0v) is 23.6. The molecule has 0 saturated carbocycles. The second-order valence-electron chi connectivity index (χ2n) is 10.6. The van der Waals surface area contributed by atoms with Crippen LogP contribution in [-0.4, -0.2) is 76.7 Å². The van der Waals surface area contributed by atoms with Crippen LogP contribution in [0.4, 0.5) is 5.69 Å². The molecule has 9 nitrogen and oxygen atoms in total. The molecule has 0 spiro atoms. The van der Waals surface area contributed by atoms with Gasteiger partial charge in [-0.1, -0.05) is 12.1 Å². The molecule has 1 aliphatic rings. The average Bonchev–Trinajstić information content (AvgIpc) is 3.46. The second kappa shape index (κ2) is 13.0. The third-order valence-electron chi connectivity index (χ3n) is 7.45. The SMILES string of the molecule is CNCCC(C)OC(=O)[C@@H]1CCCN(CCNc2cnc3ccc(-c4nc[nH]c4-c4cccc(C)n4)cc3c2)C1. The number of H-pyrrole nitrogens is 1. The number of ether oxygens (including phenoxy) is 1. The number of esters is 1. The minimum absolute atomic E-state index is 0.0477. The maximum atomic E-state index is 12.7. The van der Waals surface area contributed by atoms with Crippen LogP contribution in [0.15, 0.2) is 55.0 Å². The fraction of sp³-hybridized carbons (Fsp3) is 0.419. The van der Waals surface area contributed by atoms with E-state index in [0.717, 1.165) is 96.9 Å². The first-order valence-corrected chi connectivity index (χ1v) is 14.2. The molecule has 210 valence electrons. The van der Waals surface area contributed by atoms with Gasteiger partial charge in [0.1, 0.15) is 6.10 Å². The van der Waals surface area contributed by atoms with E-state index in [1.165, 1.54) is 0 Å². The lowest BCUT2D eigenvalue weighted by molar-refractivity contribution is -0.155. The zero-order chi connectivity index (χ0) is 27.9. The van der Waals surface area contributed by atoms with Gasteiger partial charge in [-0.25, -0.2) is 4.98 Å². The van der Waals surface area contributed by atoms with Crippen LogP contribution < -0.4 is 10.6 Å². The third kappa shape index (κ3) is 6.84. The number of anilines is 1. The number of hydrogen-bond donors (Lipinski definition) is 3. The van der Waals surface area contributed by atoms with E-state index < -0.39 is 0 Å². The van der Waals surface area contributed by atoms with Gasteiger partial charge in [-0.2, -0.15) is 0 Å². The average molecular weight is 542 g/mol. The van der Waals surface area contributed by atoms with Gasteiger partial charge in [-0.15, -0.1) is 0 Å². The van der Waals surface area contributed by atoms with Gasteiger partial charge < -0.3 is 25.3 Å². The Morgan fingerprint density at radius 3 is 2.95 bits per heavy atom. The van der Waals surface area contributed by atoms with Crippen LogP contribution in [0.25, 0.3) is 33.5 Å². The number of nitrogens with one attached hydrogen (secondary N) is 3. The van der Waals surface area contributed by atoms with Crippen molar-refractivity contribution in [2.24, 2.45) is 5.92 Å². The number of fused-ring (bicyclic) bond motifs is 1. The van der Waals surface area contributed by atoms with Crippen molar-refractivity contribution in [2.45, 2.75) is 39.2 Å². The fourth-order valence-corrected chi connectivity index (χ4v) is 5.28. The number of imidazole rings is 1. The number of aromatic nitrogens is 4. The van der Waals surface area contributed by atoms with Gasteiger partial charge in [0, 0.05) is 36.3 Å². The molecule has 5 rings (SSSR count). The number of benzene rings is 1. The molecule has 4 heterocycles. The lowest BCUT2D eigenvalue weighted by atomic mass is 9.98. The van der Waals surface area contributed by atoms with Gasteiger partial charge in [0.15, 0.2) is 0 Å². The van der Waals surface area contributed by atoms with Crippen molar-refractivity contribution >= 4 is 22.6 Å². The van der Waals surface area contributed by atoms with E-state index in [0.29, 0.717) is 0 Å². The number of nitrogens with zero attached hydrogens (tertiary/aromatic N) is 4. The number of pyridine rings is 2. The Balaban J connectivity index is 1.20. The summed E-state index contributed by atoms with van der Waals surface area (Å²) in [4.78, 5) is 32.2. The smallest absolute Gasteiger partial charge is 0.310 e. The quantitative estimate of drug-likeness (QED) is 0.235. The number of aromatic amines is 1. The number of rotatable bonds is 11. The summed E-state index contributed by atoms with van der Waals surface area (Å²) in [6.07, 6.45) is 6.27. The van der Waals surface area contributed by atoms with Gasteiger partial charge in [0.25, 0.3) is 0 Å². The van der Waals surface area contributed by atoms with Gasteiger partial charge in [0.05, 0.1) is 46.7 Å². The summed E-state index contributed by atoms with van der Waals surface area (Å²) < 4.78 is 5.69. The largest absolute Gasteiger partial charge is 0.462 e. The number of aryl methyl sites for hydroxylation is 1. The molecule has 0 radical (unpaired) electrons. The molecule has 4 aromatic rings. The van der Waals surface area contributed by atoms with Gasteiger partial charge in [0.2, 0.25) is 0 Å². The Kier molecular flexibility index (Phi) is 9.03. The van der Waals surface area contributed by atoms with E-state index in [4.69, 9.17) is 4.74 Å². The molecule has 1 aromatic carbocycles. The number of carbonyl (C=O) groups excluding carboxylic acids is 1. The Morgan fingerprint density at radius 1 is 1.20 bits per heavy atom. The third-order valence-corrected chi connectivity index (χ3v) is 7.45. The van der Waals surface area contributed by atoms with Crippen molar-refractivity contribution < 1.29 is 9.53 Å². The highest BCUT2D eigenvalue weighted by Crippen LogP contribution is 2.30. The number of piperidine rings is 1. The fourth-order valence-electron chi connectivity index (χ4n) is 5.28. The molecule has 2 atom stereocenters. The topological polar surface area (TPSA) is 108 Å². The van der Waals surface area contributed by atoms with Crippen LogP contribution in [0.3, 0.4) is 0 Å². The number of hydrogen-bond acceptors (Lipinski definition) is 8. The molecular formula is C31H39N7O2. The lowest BCUT2D eigenvalue weighted by Crippen LogP contribution is -2.42. The highest BCUT2D eigenvalue weighted by atomic mass is 16.5. The van der Waals surface area contributed by atoms with E-state index in [9.17, 15) is 4.79 Å². The highest BCUT2D eigenvalue weighted by molar-refractivity contribution is 5.88. The molecule has 1 unspecified atom stereocenters. The van der Waals surface area contributed by atoms with Crippen LogP contribution in [0, 0.1) is 12.8 Å². The predicted molar refractivity (Wildman–Crippen MR) is 159 cm³/mol. The van der Waals surface area contributed by atoms with Crippen LogP contribution in [0.5, 0.6) is 0 Å².